The molecule has 3 nitrogen and oxygen atoms in total. The van der Waals surface area contributed by atoms with E-state index in [-0.39, 0.29) is 28.2 Å². The highest BCUT2D eigenvalue weighted by Crippen LogP contribution is 2.50. The second-order valence-corrected chi connectivity index (χ2v) is 23.4. The van der Waals surface area contributed by atoms with E-state index >= 15 is 0 Å². The highest BCUT2D eigenvalue weighted by molar-refractivity contribution is 6.74. The van der Waals surface area contributed by atoms with E-state index in [0.717, 1.165) is 24.8 Å². The van der Waals surface area contributed by atoms with E-state index in [2.05, 4.69) is 98.1 Å². The largest absolute Gasteiger partial charge is 0.414 e. The van der Waals surface area contributed by atoms with E-state index in [1.165, 1.54) is 11.1 Å². The summed E-state index contributed by atoms with van der Waals surface area (Å²) >= 11 is 0. The lowest BCUT2D eigenvalue weighted by Gasteiger charge is -2.47. The van der Waals surface area contributed by atoms with Gasteiger partial charge in [-0.15, -0.1) is 0 Å². The minimum Gasteiger partial charge on any atom is -0.414 e. The summed E-state index contributed by atoms with van der Waals surface area (Å²) in [4.78, 5) is 0. The SMILES string of the molecule is CC(O)C1=Cc2ccccc2C1C1C[C@@H](O[Si](C)(C)C(C)(C)C)C[C@H](O[Si](C)(C)C(C)(C)C)C1. The molecule has 1 saturated carbocycles. The van der Waals surface area contributed by atoms with Crippen LogP contribution in [0.25, 0.3) is 6.08 Å². The molecule has 0 heterocycles. The maximum atomic E-state index is 10.7. The Bertz CT molecular complexity index is 853. The van der Waals surface area contributed by atoms with Gasteiger partial charge in [-0.25, -0.2) is 0 Å². The highest BCUT2D eigenvalue weighted by Gasteiger charge is 2.46. The van der Waals surface area contributed by atoms with Crippen molar-refractivity contribution in [3.05, 3.63) is 41.0 Å². The van der Waals surface area contributed by atoms with Crippen molar-refractivity contribution in [2.45, 2.75) is 128 Å². The molecule has 3 rings (SSSR count). The minimum absolute atomic E-state index is 0.181. The Labute approximate surface area is 211 Å². The van der Waals surface area contributed by atoms with Crippen molar-refractivity contribution in [2.75, 3.05) is 0 Å². The van der Waals surface area contributed by atoms with Crippen molar-refractivity contribution in [1.29, 1.82) is 0 Å². The van der Waals surface area contributed by atoms with E-state index in [4.69, 9.17) is 8.85 Å². The molecule has 5 heteroatoms. The second kappa shape index (κ2) is 9.62. The first-order valence-corrected chi connectivity index (χ1v) is 19.1. The van der Waals surface area contributed by atoms with Gasteiger partial charge in [-0.05, 0) is 85.1 Å². The van der Waals surface area contributed by atoms with Crippen LogP contribution in [0, 0.1) is 5.92 Å². The first kappa shape index (κ1) is 27.9. The fourth-order valence-corrected chi connectivity index (χ4v) is 7.95. The molecule has 34 heavy (non-hydrogen) atoms. The third kappa shape index (κ3) is 5.80. The van der Waals surface area contributed by atoms with E-state index in [0.29, 0.717) is 5.92 Å². The number of aliphatic hydroxyl groups is 1. The van der Waals surface area contributed by atoms with Gasteiger partial charge in [0.15, 0.2) is 16.6 Å². The van der Waals surface area contributed by atoms with Crippen molar-refractivity contribution < 1.29 is 14.0 Å². The maximum absolute atomic E-state index is 10.7. The zero-order valence-corrected chi connectivity index (χ0v) is 25.7. The highest BCUT2D eigenvalue weighted by atomic mass is 28.4. The average Bonchev–Trinajstić information content (AvgIpc) is 3.05. The zero-order chi connectivity index (χ0) is 25.7. The Morgan fingerprint density at radius 2 is 1.29 bits per heavy atom. The Kier molecular flexibility index (Phi) is 7.88. The predicted octanol–water partition coefficient (Wildman–Crippen LogP) is 8.13. The molecule has 1 N–H and O–H groups in total. The molecule has 2 aliphatic carbocycles. The number of hydrogen-bond donors (Lipinski definition) is 1. The lowest BCUT2D eigenvalue weighted by molar-refractivity contribution is 0.0205. The van der Waals surface area contributed by atoms with Gasteiger partial charge >= 0.3 is 0 Å². The Balaban J connectivity index is 1.95. The molecule has 0 radical (unpaired) electrons. The molecule has 2 unspecified atom stereocenters. The monoisotopic (exact) mass is 502 g/mol. The smallest absolute Gasteiger partial charge is 0.192 e. The predicted molar refractivity (Wildman–Crippen MR) is 150 cm³/mol. The first-order chi connectivity index (χ1) is 15.4. The first-order valence-electron chi connectivity index (χ1n) is 13.3. The van der Waals surface area contributed by atoms with Crippen LogP contribution in [0.3, 0.4) is 0 Å². The summed E-state index contributed by atoms with van der Waals surface area (Å²) < 4.78 is 14.1. The van der Waals surface area contributed by atoms with Crippen LogP contribution in [0.4, 0.5) is 0 Å². The van der Waals surface area contributed by atoms with Crippen LogP contribution >= 0.6 is 0 Å². The standard InChI is InChI=1S/C29H50O3Si2/c1-20(30)26-18-21-14-12-13-15-25(21)27(26)22-16-23(31-33(8,9)28(2,3)4)19-24(17-22)32-34(10,11)29(5,6)7/h12-15,18,20,22-24,27,30H,16-17,19H2,1-11H3/t20?,23-,24-,27?/m1/s1. The van der Waals surface area contributed by atoms with Crippen LogP contribution in [0.2, 0.25) is 36.3 Å². The molecular formula is C29H50O3Si2. The van der Waals surface area contributed by atoms with Crippen LogP contribution in [-0.4, -0.2) is 40.1 Å². The van der Waals surface area contributed by atoms with Crippen molar-refractivity contribution >= 4 is 22.7 Å². The molecule has 0 bridgehead atoms. The van der Waals surface area contributed by atoms with Crippen molar-refractivity contribution in [3.63, 3.8) is 0 Å². The lowest BCUT2D eigenvalue weighted by Crippen LogP contribution is -2.50. The normalized spacial score (nSPS) is 27.4. The van der Waals surface area contributed by atoms with Gasteiger partial charge < -0.3 is 14.0 Å². The fraction of sp³-hybridized carbons (Fsp3) is 0.724. The quantitative estimate of drug-likeness (QED) is 0.399. The summed E-state index contributed by atoms with van der Waals surface area (Å²) in [6.07, 6.45) is 5.25. The third-order valence-corrected chi connectivity index (χ3v) is 18.2. The summed E-state index contributed by atoms with van der Waals surface area (Å²) in [7, 11) is -3.81. The van der Waals surface area contributed by atoms with Crippen LogP contribution in [0.5, 0.6) is 0 Å². The van der Waals surface area contributed by atoms with Gasteiger partial charge in [0.05, 0.1) is 6.10 Å². The van der Waals surface area contributed by atoms with Gasteiger partial charge in [-0.2, -0.15) is 0 Å². The number of hydrogen-bond acceptors (Lipinski definition) is 3. The minimum atomic E-state index is -1.91. The Hall–Kier alpha value is -0.726. The van der Waals surface area contributed by atoms with E-state index < -0.39 is 22.7 Å². The molecule has 0 aliphatic heterocycles. The summed E-state index contributed by atoms with van der Waals surface area (Å²) in [5, 5.41) is 11.1. The topological polar surface area (TPSA) is 38.7 Å². The third-order valence-electron chi connectivity index (χ3n) is 9.16. The van der Waals surface area contributed by atoms with Crippen LogP contribution in [0.1, 0.15) is 84.8 Å². The lowest BCUT2D eigenvalue weighted by atomic mass is 9.72. The summed E-state index contributed by atoms with van der Waals surface area (Å²) in [5.41, 5.74) is 3.78. The second-order valence-electron chi connectivity index (χ2n) is 13.9. The van der Waals surface area contributed by atoms with Gasteiger partial charge in [0.2, 0.25) is 0 Å². The Morgan fingerprint density at radius 1 is 0.824 bits per heavy atom. The number of benzene rings is 1. The summed E-state index contributed by atoms with van der Waals surface area (Å²) in [6.45, 7) is 25.3. The molecule has 192 valence electrons. The molecule has 0 saturated heterocycles. The molecule has 0 amide bonds. The van der Waals surface area contributed by atoms with Gasteiger partial charge in [0, 0.05) is 18.1 Å². The molecular weight excluding hydrogens is 452 g/mol. The molecule has 1 aromatic rings. The molecule has 1 aromatic carbocycles. The van der Waals surface area contributed by atoms with Crippen molar-refractivity contribution in [3.8, 4) is 0 Å². The van der Waals surface area contributed by atoms with E-state index in [1.54, 1.807) is 0 Å². The number of rotatable bonds is 6. The zero-order valence-electron chi connectivity index (χ0n) is 23.7. The van der Waals surface area contributed by atoms with E-state index in [9.17, 15) is 5.11 Å². The molecule has 2 aliphatic rings. The molecule has 0 aromatic heterocycles. The Morgan fingerprint density at radius 3 is 1.74 bits per heavy atom. The van der Waals surface area contributed by atoms with Crippen molar-refractivity contribution in [2.24, 2.45) is 5.92 Å². The van der Waals surface area contributed by atoms with Crippen LogP contribution in [-0.2, 0) is 8.85 Å². The fourth-order valence-electron chi connectivity index (χ4n) is 5.19. The average molecular weight is 503 g/mol. The van der Waals surface area contributed by atoms with Gasteiger partial charge in [-0.1, -0.05) is 71.9 Å². The summed E-state index contributed by atoms with van der Waals surface area (Å²) in [5.74, 6) is 0.648. The number of fused-ring (bicyclic) bond motifs is 1. The summed E-state index contributed by atoms with van der Waals surface area (Å²) in [6, 6.07) is 8.69. The molecule has 0 spiro atoms. The van der Waals surface area contributed by atoms with Gasteiger partial charge in [-0.3, -0.25) is 0 Å². The van der Waals surface area contributed by atoms with Gasteiger partial charge in [0.1, 0.15) is 0 Å². The van der Waals surface area contributed by atoms with Crippen LogP contribution < -0.4 is 0 Å². The van der Waals surface area contributed by atoms with Crippen LogP contribution in [0.15, 0.2) is 29.8 Å². The van der Waals surface area contributed by atoms with Crippen molar-refractivity contribution in [1.82, 2.24) is 0 Å². The molecule has 4 atom stereocenters. The maximum Gasteiger partial charge on any atom is 0.192 e. The van der Waals surface area contributed by atoms with Gasteiger partial charge in [0.25, 0.3) is 0 Å². The molecule has 1 fully saturated rings. The van der Waals surface area contributed by atoms with E-state index in [1.807, 2.05) is 6.92 Å². The number of aliphatic hydroxyl groups excluding tert-OH is 1.